The third kappa shape index (κ3) is 1.79. The van der Waals surface area contributed by atoms with E-state index in [-0.39, 0.29) is 0 Å². The van der Waals surface area contributed by atoms with E-state index in [0.29, 0.717) is 0 Å². The molecule has 2 aromatic rings. The van der Waals surface area contributed by atoms with Gasteiger partial charge in [0.15, 0.2) is 0 Å². The van der Waals surface area contributed by atoms with Crippen molar-refractivity contribution < 1.29 is 4.42 Å². The lowest BCUT2D eigenvalue weighted by Gasteiger charge is -2.08. The van der Waals surface area contributed by atoms with Gasteiger partial charge in [-0.25, -0.2) is 4.98 Å². The molecule has 82 valence electrons. The molecule has 0 spiro atoms. The number of hydrogen-bond acceptors (Lipinski definition) is 3. The average Bonchev–Trinajstić information content (AvgIpc) is 2.73. The van der Waals surface area contributed by atoms with Crippen LogP contribution in [0, 0.1) is 0 Å². The van der Waals surface area contributed by atoms with Crippen molar-refractivity contribution in [3.8, 4) is 11.5 Å². The SMILES string of the molecule is Brc1ccc(-c2nc3c(o2)CNCC3)cc1. The number of benzene rings is 1. The number of aromatic nitrogens is 1. The Kier molecular flexibility index (Phi) is 2.53. The minimum Gasteiger partial charge on any atom is -0.440 e. The van der Waals surface area contributed by atoms with Gasteiger partial charge in [-0.2, -0.15) is 0 Å². The van der Waals surface area contributed by atoms with Crippen LogP contribution in [0.5, 0.6) is 0 Å². The molecule has 1 aliphatic rings. The fourth-order valence-corrected chi connectivity index (χ4v) is 2.11. The van der Waals surface area contributed by atoms with Crippen LogP contribution in [0.3, 0.4) is 0 Å². The van der Waals surface area contributed by atoms with E-state index in [2.05, 4.69) is 26.2 Å². The minimum atomic E-state index is 0.723. The van der Waals surface area contributed by atoms with Crippen LogP contribution in [-0.4, -0.2) is 11.5 Å². The Morgan fingerprint density at radius 1 is 1.25 bits per heavy atom. The Hall–Kier alpha value is -1.13. The van der Waals surface area contributed by atoms with Crippen molar-refractivity contribution in [2.45, 2.75) is 13.0 Å². The predicted octanol–water partition coefficient (Wildman–Crippen LogP) is 2.75. The molecule has 3 rings (SSSR count). The molecule has 0 unspecified atom stereocenters. The summed E-state index contributed by atoms with van der Waals surface area (Å²) in [5, 5.41) is 3.27. The summed E-state index contributed by atoms with van der Waals surface area (Å²) in [4.78, 5) is 4.53. The third-order valence-electron chi connectivity index (χ3n) is 2.69. The molecule has 0 aliphatic carbocycles. The highest BCUT2D eigenvalue weighted by atomic mass is 79.9. The van der Waals surface area contributed by atoms with E-state index in [9.17, 15) is 0 Å². The maximum Gasteiger partial charge on any atom is 0.226 e. The highest BCUT2D eigenvalue weighted by Gasteiger charge is 2.17. The van der Waals surface area contributed by atoms with Crippen molar-refractivity contribution >= 4 is 15.9 Å². The first-order valence-corrected chi connectivity index (χ1v) is 6.07. The quantitative estimate of drug-likeness (QED) is 0.872. The Morgan fingerprint density at radius 3 is 2.81 bits per heavy atom. The zero-order valence-electron chi connectivity index (χ0n) is 8.66. The first-order chi connectivity index (χ1) is 7.83. The van der Waals surface area contributed by atoms with Gasteiger partial charge in [0.2, 0.25) is 5.89 Å². The van der Waals surface area contributed by atoms with E-state index in [1.54, 1.807) is 0 Å². The van der Waals surface area contributed by atoms with E-state index >= 15 is 0 Å². The number of hydrogen-bond donors (Lipinski definition) is 1. The van der Waals surface area contributed by atoms with Crippen LogP contribution in [0.1, 0.15) is 11.5 Å². The minimum absolute atomic E-state index is 0.723. The smallest absolute Gasteiger partial charge is 0.226 e. The van der Waals surface area contributed by atoms with Crippen LogP contribution >= 0.6 is 15.9 Å². The van der Waals surface area contributed by atoms with Crippen LogP contribution in [-0.2, 0) is 13.0 Å². The number of oxazole rings is 1. The average molecular weight is 279 g/mol. The number of fused-ring (bicyclic) bond motifs is 1. The molecular formula is C12H11BrN2O. The van der Waals surface area contributed by atoms with Crippen LogP contribution in [0.2, 0.25) is 0 Å². The van der Waals surface area contributed by atoms with E-state index in [1.807, 2.05) is 24.3 Å². The van der Waals surface area contributed by atoms with Crippen LogP contribution < -0.4 is 5.32 Å². The number of halogens is 1. The third-order valence-corrected chi connectivity index (χ3v) is 3.22. The Morgan fingerprint density at radius 2 is 2.06 bits per heavy atom. The molecule has 3 nitrogen and oxygen atoms in total. The van der Waals surface area contributed by atoms with Gasteiger partial charge in [0.05, 0.1) is 12.2 Å². The first kappa shape index (κ1) is 10.1. The largest absolute Gasteiger partial charge is 0.440 e. The second-order valence-electron chi connectivity index (χ2n) is 3.82. The summed E-state index contributed by atoms with van der Waals surface area (Å²) < 4.78 is 6.81. The molecule has 0 fully saturated rings. The van der Waals surface area contributed by atoms with E-state index in [1.165, 1.54) is 0 Å². The fraction of sp³-hybridized carbons (Fsp3) is 0.250. The topological polar surface area (TPSA) is 38.1 Å². The van der Waals surface area contributed by atoms with Gasteiger partial charge < -0.3 is 9.73 Å². The highest BCUT2D eigenvalue weighted by molar-refractivity contribution is 9.10. The number of nitrogens with zero attached hydrogens (tertiary/aromatic N) is 1. The zero-order chi connectivity index (χ0) is 11.0. The molecule has 16 heavy (non-hydrogen) atoms. The molecule has 1 aromatic carbocycles. The second kappa shape index (κ2) is 4.03. The van der Waals surface area contributed by atoms with Crippen molar-refractivity contribution in [2.24, 2.45) is 0 Å². The molecule has 0 amide bonds. The van der Waals surface area contributed by atoms with Gasteiger partial charge in [0, 0.05) is 23.0 Å². The van der Waals surface area contributed by atoms with Gasteiger partial charge in [-0.1, -0.05) is 15.9 Å². The molecule has 1 aromatic heterocycles. The predicted molar refractivity (Wildman–Crippen MR) is 65.0 cm³/mol. The van der Waals surface area contributed by atoms with Gasteiger partial charge in [0.1, 0.15) is 5.76 Å². The fourth-order valence-electron chi connectivity index (χ4n) is 1.84. The van der Waals surface area contributed by atoms with Crippen LogP contribution in [0.25, 0.3) is 11.5 Å². The van der Waals surface area contributed by atoms with Gasteiger partial charge in [-0.3, -0.25) is 0 Å². The molecule has 0 bridgehead atoms. The van der Waals surface area contributed by atoms with Crippen LogP contribution in [0.15, 0.2) is 33.2 Å². The van der Waals surface area contributed by atoms with Crippen molar-refractivity contribution in [3.63, 3.8) is 0 Å². The molecule has 0 saturated carbocycles. The molecule has 0 radical (unpaired) electrons. The summed E-state index contributed by atoms with van der Waals surface area (Å²) in [6, 6.07) is 8.01. The van der Waals surface area contributed by atoms with Crippen molar-refractivity contribution in [1.82, 2.24) is 10.3 Å². The van der Waals surface area contributed by atoms with Crippen molar-refractivity contribution in [2.75, 3.05) is 6.54 Å². The lowest BCUT2D eigenvalue weighted by molar-refractivity contribution is 0.472. The molecule has 0 saturated heterocycles. The Balaban J connectivity index is 2.00. The van der Waals surface area contributed by atoms with E-state index in [0.717, 1.165) is 46.9 Å². The standard InChI is InChI=1S/C12H11BrN2O/c13-9-3-1-8(2-4-9)12-15-10-5-6-14-7-11(10)16-12/h1-4,14H,5-7H2. The van der Waals surface area contributed by atoms with Crippen molar-refractivity contribution in [3.05, 3.63) is 40.2 Å². The monoisotopic (exact) mass is 278 g/mol. The zero-order valence-corrected chi connectivity index (χ0v) is 10.3. The molecule has 2 heterocycles. The van der Waals surface area contributed by atoms with Crippen LogP contribution in [0.4, 0.5) is 0 Å². The normalized spacial score (nSPS) is 14.8. The first-order valence-electron chi connectivity index (χ1n) is 5.28. The maximum atomic E-state index is 5.74. The summed E-state index contributed by atoms with van der Waals surface area (Å²) >= 11 is 3.41. The van der Waals surface area contributed by atoms with Gasteiger partial charge >= 0.3 is 0 Å². The lowest BCUT2D eigenvalue weighted by Crippen LogP contribution is -2.22. The summed E-state index contributed by atoms with van der Waals surface area (Å²) in [5.74, 6) is 1.70. The summed E-state index contributed by atoms with van der Waals surface area (Å²) in [6.07, 6.45) is 0.954. The van der Waals surface area contributed by atoms with E-state index in [4.69, 9.17) is 4.42 Å². The Bertz CT molecular complexity index is 481. The molecular weight excluding hydrogens is 268 g/mol. The summed E-state index contributed by atoms with van der Waals surface area (Å²) in [5.41, 5.74) is 2.12. The molecule has 1 N–H and O–H groups in total. The lowest BCUT2D eigenvalue weighted by atomic mass is 10.2. The highest BCUT2D eigenvalue weighted by Crippen LogP contribution is 2.25. The molecule has 4 heteroatoms. The molecule has 0 atom stereocenters. The van der Waals surface area contributed by atoms with Crippen molar-refractivity contribution in [1.29, 1.82) is 0 Å². The van der Waals surface area contributed by atoms with E-state index < -0.39 is 0 Å². The molecule has 1 aliphatic heterocycles. The number of nitrogens with one attached hydrogen (secondary N) is 1. The summed E-state index contributed by atoms with van der Waals surface area (Å²) in [7, 11) is 0. The maximum absolute atomic E-state index is 5.74. The summed E-state index contributed by atoms with van der Waals surface area (Å²) in [6.45, 7) is 1.78. The van der Waals surface area contributed by atoms with Gasteiger partial charge in [-0.15, -0.1) is 0 Å². The second-order valence-corrected chi connectivity index (χ2v) is 4.74. The van der Waals surface area contributed by atoms with Gasteiger partial charge in [-0.05, 0) is 24.3 Å². The van der Waals surface area contributed by atoms with Gasteiger partial charge in [0.25, 0.3) is 0 Å². The number of rotatable bonds is 1. The Labute approximate surface area is 102 Å².